The zero-order valence-electron chi connectivity index (χ0n) is 26.0. The number of carbonyl (C=O) groups is 1. The van der Waals surface area contributed by atoms with Crippen LogP contribution < -0.4 is 10.6 Å². The lowest BCUT2D eigenvalue weighted by Crippen LogP contribution is -2.44. The third-order valence-electron chi connectivity index (χ3n) is 8.28. The molecule has 7 heteroatoms. The first-order chi connectivity index (χ1) is 19.1. The molecular formula is C34H48N2O4Si. The summed E-state index contributed by atoms with van der Waals surface area (Å²) < 4.78 is 6.74. The van der Waals surface area contributed by atoms with Gasteiger partial charge in [-0.2, -0.15) is 0 Å². The third kappa shape index (κ3) is 9.45. The first kappa shape index (κ1) is 32.4. The summed E-state index contributed by atoms with van der Waals surface area (Å²) in [5.41, 5.74) is 6.48. The van der Waals surface area contributed by atoms with Crippen LogP contribution in [0.4, 0.5) is 0 Å². The fourth-order valence-corrected chi connectivity index (χ4v) is 5.89. The molecule has 3 aromatic rings. The van der Waals surface area contributed by atoms with Gasteiger partial charge in [0.1, 0.15) is 11.5 Å². The van der Waals surface area contributed by atoms with Gasteiger partial charge in [-0.25, -0.2) is 0 Å². The molecule has 0 unspecified atom stereocenters. The second kappa shape index (κ2) is 13.7. The van der Waals surface area contributed by atoms with E-state index in [1.54, 1.807) is 12.1 Å². The van der Waals surface area contributed by atoms with E-state index in [-0.39, 0.29) is 34.6 Å². The maximum atomic E-state index is 12.7. The van der Waals surface area contributed by atoms with Crippen molar-refractivity contribution in [3.8, 4) is 11.5 Å². The van der Waals surface area contributed by atoms with Gasteiger partial charge in [0.2, 0.25) is 5.91 Å². The Morgan fingerprint density at radius 2 is 1.59 bits per heavy atom. The molecule has 0 saturated heterocycles. The summed E-state index contributed by atoms with van der Waals surface area (Å²) in [6.45, 7) is 18.4. The smallest absolute Gasteiger partial charge is 0.224 e. The Morgan fingerprint density at radius 1 is 0.951 bits per heavy atom. The molecule has 222 valence electrons. The van der Waals surface area contributed by atoms with E-state index in [1.165, 1.54) is 17.2 Å². The van der Waals surface area contributed by atoms with Gasteiger partial charge in [-0.1, -0.05) is 63.2 Å². The van der Waals surface area contributed by atoms with Crippen molar-refractivity contribution in [1.82, 2.24) is 10.6 Å². The Kier molecular flexibility index (Phi) is 10.8. The number of aromatic hydroxyl groups is 2. The van der Waals surface area contributed by atoms with Crippen LogP contribution >= 0.6 is 0 Å². The summed E-state index contributed by atoms with van der Waals surface area (Å²) in [6, 6.07) is 19.2. The number of hydrogen-bond acceptors (Lipinski definition) is 5. The van der Waals surface area contributed by atoms with E-state index >= 15 is 0 Å². The number of phenolic OH excluding ortho intramolecular Hbond substituents is 2. The molecule has 0 aliphatic carbocycles. The van der Waals surface area contributed by atoms with E-state index in [0.717, 1.165) is 28.7 Å². The second-order valence-corrected chi connectivity index (χ2v) is 17.6. The highest BCUT2D eigenvalue weighted by molar-refractivity contribution is 6.74. The number of hydrogen-bond donors (Lipinski definition) is 4. The Hall–Kier alpha value is -3.13. The van der Waals surface area contributed by atoms with Gasteiger partial charge in [0.25, 0.3) is 0 Å². The quantitative estimate of drug-likeness (QED) is 0.177. The van der Waals surface area contributed by atoms with Crippen molar-refractivity contribution >= 4 is 14.2 Å². The summed E-state index contributed by atoms with van der Waals surface area (Å²) in [5, 5.41) is 26.9. The van der Waals surface area contributed by atoms with Crippen LogP contribution in [-0.2, 0) is 28.6 Å². The third-order valence-corrected chi connectivity index (χ3v) is 12.8. The minimum atomic E-state index is -2.13. The van der Waals surface area contributed by atoms with Crippen LogP contribution in [-0.4, -0.2) is 37.0 Å². The monoisotopic (exact) mass is 576 g/mol. The molecule has 3 rings (SSSR count). The van der Waals surface area contributed by atoms with Gasteiger partial charge in [0.15, 0.2) is 8.32 Å². The Morgan fingerprint density at radius 3 is 2.24 bits per heavy atom. The molecule has 0 aliphatic heterocycles. The molecule has 6 nitrogen and oxygen atoms in total. The van der Waals surface area contributed by atoms with Crippen LogP contribution in [0.3, 0.4) is 0 Å². The summed E-state index contributed by atoms with van der Waals surface area (Å²) in [5.74, 6) is 0.0488. The molecule has 0 bridgehead atoms. The average molecular weight is 577 g/mol. The minimum absolute atomic E-state index is 0.00853. The lowest BCUT2D eigenvalue weighted by atomic mass is 10.0. The molecule has 0 radical (unpaired) electrons. The van der Waals surface area contributed by atoms with Crippen LogP contribution in [0.25, 0.3) is 0 Å². The standard InChI is InChI=1S/C34H48N2O4Si/c1-23-11-9-14-28(25(23)3)21-36-33(39)17-27-13-10-12-26(16-27)15-24(2)35-22-32(40-41(7,8)34(4,5)6)29-18-30(37)20-31(38)19-29/h9-14,16,18-20,24,32,35,37-38H,15,17,21-22H2,1-8H3,(H,36,39)/t24-,32+/m1/s1. The van der Waals surface area contributed by atoms with Crippen LogP contribution in [0.15, 0.2) is 60.7 Å². The summed E-state index contributed by atoms with van der Waals surface area (Å²) in [4.78, 5) is 12.7. The lowest BCUT2D eigenvalue weighted by molar-refractivity contribution is -0.120. The number of rotatable bonds is 12. The van der Waals surface area contributed by atoms with Gasteiger partial charge in [0, 0.05) is 25.2 Å². The molecule has 0 fully saturated rings. The van der Waals surface area contributed by atoms with Crippen LogP contribution in [0, 0.1) is 13.8 Å². The summed E-state index contributed by atoms with van der Waals surface area (Å²) >= 11 is 0. The van der Waals surface area contributed by atoms with Crippen molar-refractivity contribution in [3.05, 3.63) is 94.0 Å². The van der Waals surface area contributed by atoms with Gasteiger partial charge in [-0.15, -0.1) is 0 Å². The van der Waals surface area contributed by atoms with Crippen molar-refractivity contribution in [3.63, 3.8) is 0 Å². The number of benzene rings is 3. The molecule has 0 heterocycles. The molecule has 0 aliphatic rings. The van der Waals surface area contributed by atoms with Crippen LogP contribution in [0.2, 0.25) is 18.1 Å². The largest absolute Gasteiger partial charge is 0.508 e. The van der Waals surface area contributed by atoms with E-state index in [1.807, 2.05) is 18.2 Å². The number of amides is 1. The number of aryl methyl sites for hydroxylation is 1. The number of phenols is 2. The maximum absolute atomic E-state index is 12.7. The van der Waals surface area contributed by atoms with Gasteiger partial charge >= 0.3 is 0 Å². The van der Waals surface area contributed by atoms with E-state index in [0.29, 0.717) is 19.5 Å². The summed E-state index contributed by atoms with van der Waals surface area (Å²) in [7, 11) is -2.13. The van der Waals surface area contributed by atoms with Crippen LogP contribution in [0.1, 0.15) is 67.2 Å². The zero-order chi connectivity index (χ0) is 30.4. The first-order valence-corrected chi connectivity index (χ1v) is 17.4. The topological polar surface area (TPSA) is 90.8 Å². The SMILES string of the molecule is Cc1cccc(CNC(=O)Cc2cccc(C[C@@H](C)NC[C@H](O[Si](C)(C)C(C)(C)C)c3cc(O)cc(O)c3)c2)c1C. The Bertz CT molecular complexity index is 1310. The predicted molar refractivity (Wildman–Crippen MR) is 170 cm³/mol. The molecule has 0 saturated carbocycles. The van der Waals surface area contributed by atoms with E-state index in [2.05, 4.69) is 89.5 Å². The van der Waals surface area contributed by atoms with E-state index in [9.17, 15) is 15.0 Å². The van der Waals surface area contributed by atoms with Crippen molar-refractivity contribution in [1.29, 1.82) is 0 Å². The molecule has 4 N–H and O–H groups in total. The lowest BCUT2D eigenvalue weighted by Gasteiger charge is -2.39. The fourth-order valence-electron chi connectivity index (χ4n) is 4.61. The molecule has 0 aromatic heterocycles. The van der Waals surface area contributed by atoms with Gasteiger partial charge in [-0.3, -0.25) is 4.79 Å². The first-order valence-electron chi connectivity index (χ1n) is 14.5. The zero-order valence-corrected chi connectivity index (χ0v) is 27.0. The second-order valence-electron chi connectivity index (χ2n) is 12.8. The van der Waals surface area contributed by atoms with Gasteiger partial charge in [0.05, 0.1) is 12.5 Å². The van der Waals surface area contributed by atoms with Gasteiger partial charge < -0.3 is 25.3 Å². The van der Waals surface area contributed by atoms with Crippen molar-refractivity contribution in [2.24, 2.45) is 0 Å². The average Bonchev–Trinajstić information content (AvgIpc) is 2.86. The Balaban J connectivity index is 1.62. The number of nitrogens with one attached hydrogen (secondary N) is 2. The van der Waals surface area contributed by atoms with E-state index < -0.39 is 8.32 Å². The maximum Gasteiger partial charge on any atom is 0.224 e. The molecule has 41 heavy (non-hydrogen) atoms. The molecule has 2 atom stereocenters. The molecule has 0 spiro atoms. The van der Waals surface area contributed by atoms with E-state index in [4.69, 9.17) is 4.43 Å². The highest BCUT2D eigenvalue weighted by Gasteiger charge is 2.39. The van der Waals surface area contributed by atoms with Crippen molar-refractivity contribution in [2.75, 3.05) is 6.54 Å². The molecular weight excluding hydrogens is 528 g/mol. The van der Waals surface area contributed by atoms with Crippen molar-refractivity contribution < 1.29 is 19.4 Å². The predicted octanol–water partition coefficient (Wildman–Crippen LogP) is 6.86. The minimum Gasteiger partial charge on any atom is -0.508 e. The molecule has 1 amide bonds. The highest BCUT2D eigenvalue weighted by Crippen LogP contribution is 2.40. The fraction of sp³-hybridized carbons (Fsp3) is 0.441. The normalized spacial score (nSPS) is 13.6. The van der Waals surface area contributed by atoms with Gasteiger partial charge in [-0.05, 0) is 90.8 Å². The summed E-state index contributed by atoms with van der Waals surface area (Å²) in [6.07, 6.45) is 0.809. The van der Waals surface area contributed by atoms with Crippen LogP contribution in [0.5, 0.6) is 11.5 Å². The molecule has 3 aromatic carbocycles. The number of carbonyl (C=O) groups excluding carboxylic acids is 1. The van der Waals surface area contributed by atoms with Crippen molar-refractivity contribution in [2.45, 2.75) is 91.2 Å². The highest BCUT2D eigenvalue weighted by atomic mass is 28.4. The Labute approximate surface area is 247 Å².